The quantitative estimate of drug-likeness (QED) is 0.453. The molecule has 0 fully saturated rings. The molecule has 0 saturated heterocycles. The third-order valence-electron chi connectivity index (χ3n) is 2.98. The summed E-state index contributed by atoms with van der Waals surface area (Å²) in [5, 5.41) is 15.1. The van der Waals surface area contributed by atoms with Crippen LogP contribution in [0, 0.1) is 5.21 Å². The molecule has 0 aliphatic carbocycles. The molecule has 0 saturated carbocycles. The minimum Gasteiger partial charge on any atom is -0.618 e. The van der Waals surface area contributed by atoms with Crippen molar-refractivity contribution in [1.82, 2.24) is 4.98 Å². The number of aromatic nitrogens is 2. The van der Waals surface area contributed by atoms with Gasteiger partial charge < -0.3 is 10.5 Å². The summed E-state index contributed by atoms with van der Waals surface area (Å²) in [5.41, 5.74) is 0.864. The zero-order valence-corrected chi connectivity index (χ0v) is 13.4. The monoisotopic (exact) mass is 331 g/mol. The first-order valence-corrected chi connectivity index (χ1v) is 8.34. The lowest BCUT2D eigenvalue weighted by atomic mass is 10.3. The van der Waals surface area contributed by atoms with Gasteiger partial charge in [-0.15, -0.1) is 0 Å². The zero-order chi connectivity index (χ0) is 15.5. The fraction of sp³-hybridized carbons (Fsp3) is 0.133. The number of rotatable bonds is 4. The summed E-state index contributed by atoms with van der Waals surface area (Å²) in [7, 11) is 0. The van der Waals surface area contributed by atoms with Gasteiger partial charge in [-0.2, -0.15) is 4.73 Å². The van der Waals surface area contributed by atoms with Crippen LogP contribution < -0.4 is 10.0 Å². The first kappa shape index (κ1) is 14.8. The van der Waals surface area contributed by atoms with Gasteiger partial charge in [0.2, 0.25) is 5.91 Å². The van der Waals surface area contributed by atoms with E-state index in [1.807, 2.05) is 24.3 Å². The van der Waals surface area contributed by atoms with Crippen molar-refractivity contribution in [3.05, 3.63) is 53.9 Å². The number of hydrogen-bond donors (Lipinski definition) is 1. The second kappa shape index (κ2) is 6.33. The highest BCUT2D eigenvalue weighted by molar-refractivity contribution is 8.00. The summed E-state index contributed by atoms with van der Waals surface area (Å²) in [4.78, 5) is 16.6. The van der Waals surface area contributed by atoms with Crippen molar-refractivity contribution in [2.45, 2.75) is 17.2 Å². The lowest BCUT2D eigenvalue weighted by Crippen LogP contribution is -2.30. The standard InChI is InChI=1S/C15H13N3O2S2/c1-10(21-13-8-4-5-9-18(13)20)14(19)17-15-16-11-6-2-3-7-12(11)22-15/h2-10H,1H3,(H,16,17,19). The highest BCUT2D eigenvalue weighted by Gasteiger charge is 2.19. The number of amides is 1. The summed E-state index contributed by atoms with van der Waals surface area (Å²) in [5.74, 6) is -0.173. The van der Waals surface area contributed by atoms with Gasteiger partial charge in [-0.25, -0.2) is 4.98 Å². The van der Waals surface area contributed by atoms with Crippen LogP contribution in [0.3, 0.4) is 0 Å². The highest BCUT2D eigenvalue weighted by atomic mass is 32.2. The number of carbonyl (C=O) groups excluding carboxylic acids is 1. The molecular weight excluding hydrogens is 318 g/mol. The Morgan fingerprint density at radius 2 is 2.09 bits per heavy atom. The largest absolute Gasteiger partial charge is 0.618 e. The number of pyridine rings is 1. The van der Waals surface area contributed by atoms with Crippen LogP contribution in [0.1, 0.15) is 6.92 Å². The van der Waals surface area contributed by atoms with Gasteiger partial charge in [-0.3, -0.25) is 4.79 Å². The lowest BCUT2D eigenvalue weighted by Gasteiger charge is -2.09. The molecule has 7 heteroatoms. The van der Waals surface area contributed by atoms with E-state index in [-0.39, 0.29) is 5.91 Å². The summed E-state index contributed by atoms with van der Waals surface area (Å²) < 4.78 is 1.78. The zero-order valence-electron chi connectivity index (χ0n) is 11.7. The van der Waals surface area contributed by atoms with Gasteiger partial charge in [0.25, 0.3) is 5.03 Å². The van der Waals surface area contributed by atoms with Crippen LogP contribution in [0.25, 0.3) is 10.2 Å². The molecule has 0 bridgehead atoms. The van der Waals surface area contributed by atoms with E-state index in [0.717, 1.165) is 14.9 Å². The molecule has 1 amide bonds. The molecule has 3 rings (SSSR count). The maximum absolute atomic E-state index is 12.2. The maximum atomic E-state index is 12.2. The van der Waals surface area contributed by atoms with Crippen molar-refractivity contribution in [2.75, 3.05) is 5.32 Å². The number of benzene rings is 1. The van der Waals surface area contributed by atoms with Gasteiger partial charge in [-0.05, 0) is 36.9 Å². The Bertz CT molecular complexity index is 786. The molecule has 3 aromatic rings. The van der Waals surface area contributed by atoms with E-state index < -0.39 is 5.25 Å². The average Bonchev–Trinajstić information content (AvgIpc) is 2.91. The van der Waals surface area contributed by atoms with Crippen molar-refractivity contribution in [2.24, 2.45) is 0 Å². The first-order chi connectivity index (χ1) is 10.6. The Morgan fingerprint density at radius 3 is 2.86 bits per heavy atom. The third-order valence-corrected chi connectivity index (χ3v) is 5.06. The maximum Gasteiger partial charge on any atom is 0.252 e. The van der Waals surface area contributed by atoms with Gasteiger partial charge in [0, 0.05) is 12.1 Å². The summed E-state index contributed by atoms with van der Waals surface area (Å²) in [6, 6.07) is 12.8. The molecule has 1 unspecified atom stereocenters. The number of carbonyl (C=O) groups is 1. The Morgan fingerprint density at radius 1 is 1.32 bits per heavy atom. The van der Waals surface area contributed by atoms with Gasteiger partial charge in [0.05, 0.1) is 15.5 Å². The number of nitrogens with zero attached hydrogens (tertiary/aromatic N) is 2. The van der Waals surface area contributed by atoms with Crippen molar-refractivity contribution >= 4 is 44.4 Å². The van der Waals surface area contributed by atoms with E-state index >= 15 is 0 Å². The molecule has 2 heterocycles. The molecule has 0 aliphatic heterocycles. The van der Waals surface area contributed by atoms with Gasteiger partial charge in [0.15, 0.2) is 11.3 Å². The molecule has 0 radical (unpaired) electrons. The average molecular weight is 331 g/mol. The molecule has 0 aliphatic rings. The van der Waals surface area contributed by atoms with E-state index in [9.17, 15) is 10.0 Å². The number of anilines is 1. The van der Waals surface area contributed by atoms with Crippen LogP contribution in [0.15, 0.2) is 53.7 Å². The predicted octanol–water partition coefficient (Wildman–Crippen LogP) is 3.05. The van der Waals surface area contributed by atoms with E-state index in [1.54, 1.807) is 25.1 Å². The molecule has 0 spiro atoms. The Labute approximate surface area is 135 Å². The van der Waals surface area contributed by atoms with E-state index in [2.05, 4.69) is 10.3 Å². The smallest absolute Gasteiger partial charge is 0.252 e. The molecule has 22 heavy (non-hydrogen) atoms. The minimum absolute atomic E-state index is 0.173. The SMILES string of the molecule is CC(Sc1cccc[n+]1[O-])C(=O)Nc1nc2ccccc2s1. The normalized spacial score (nSPS) is 12.2. The second-order valence-corrected chi connectivity index (χ2v) is 6.99. The lowest BCUT2D eigenvalue weighted by molar-refractivity contribution is -0.645. The van der Waals surface area contributed by atoms with Crippen LogP contribution in [-0.4, -0.2) is 16.1 Å². The molecule has 1 N–H and O–H groups in total. The van der Waals surface area contributed by atoms with Gasteiger partial charge >= 0.3 is 0 Å². The minimum atomic E-state index is -0.394. The van der Waals surface area contributed by atoms with Crippen LogP contribution in [0.5, 0.6) is 0 Å². The molecule has 1 atom stereocenters. The number of para-hydroxylation sites is 1. The van der Waals surface area contributed by atoms with Crippen LogP contribution in [0.4, 0.5) is 5.13 Å². The Kier molecular flexibility index (Phi) is 4.26. The van der Waals surface area contributed by atoms with E-state index in [0.29, 0.717) is 10.2 Å². The fourth-order valence-corrected chi connectivity index (χ4v) is 3.59. The van der Waals surface area contributed by atoms with Crippen molar-refractivity contribution < 1.29 is 9.52 Å². The number of nitrogens with one attached hydrogen (secondary N) is 1. The van der Waals surface area contributed by atoms with Gasteiger partial charge in [-0.1, -0.05) is 23.5 Å². The second-order valence-electron chi connectivity index (χ2n) is 4.60. The van der Waals surface area contributed by atoms with Crippen LogP contribution in [-0.2, 0) is 4.79 Å². The number of thioether (sulfide) groups is 1. The van der Waals surface area contributed by atoms with Gasteiger partial charge in [0.1, 0.15) is 0 Å². The summed E-state index contributed by atoms with van der Waals surface area (Å²) >= 11 is 2.65. The van der Waals surface area contributed by atoms with Crippen molar-refractivity contribution in [3.8, 4) is 0 Å². The third kappa shape index (κ3) is 3.20. The number of fused-ring (bicyclic) bond motifs is 1. The predicted molar refractivity (Wildman–Crippen MR) is 89.0 cm³/mol. The molecule has 5 nitrogen and oxygen atoms in total. The number of thiazole rings is 1. The molecule has 2 aromatic heterocycles. The fourth-order valence-electron chi connectivity index (χ4n) is 1.87. The van der Waals surface area contributed by atoms with Crippen molar-refractivity contribution in [3.63, 3.8) is 0 Å². The Hall–Kier alpha value is -2.12. The molecule has 112 valence electrons. The summed E-state index contributed by atoms with van der Waals surface area (Å²) in [6.07, 6.45) is 1.42. The van der Waals surface area contributed by atoms with E-state index in [1.165, 1.54) is 29.3 Å². The number of hydrogen-bond acceptors (Lipinski definition) is 5. The van der Waals surface area contributed by atoms with E-state index in [4.69, 9.17) is 0 Å². The first-order valence-electron chi connectivity index (χ1n) is 6.65. The topological polar surface area (TPSA) is 68.9 Å². The van der Waals surface area contributed by atoms with Crippen LogP contribution in [0.2, 0.25) is 0 Å². The van der Waals surface area contributed by atoms with Crippen LogP contribution >= 0.6 is 23.1 Å². The van der Waals surface area contributed by atoms with Crippen molar-refractivity contribution in [1.29, 1.82) is 0 Å². The Balaban J connectivity index is 1.69. The molecule has 1 aromatic carbocycles. The molecular formula is C15H13N3O2S2. The summed E-state index contributed by atoms with van der Waals surface area (Å²) in [6.45, 7) is 1.76. The highest BCUT2D eigenvalue weighted by Crippen LogP contribution is 2.27.